The van der Waals surface area contributed by atoms with Crippen molar-refractivity contribution in [3.8, 4) is 6.07 Å². The van der Waals surface area contributed by atoms with Gasteiger partial charge in [0.1, 0.15) is 11.9 Å². The van der Waals surface area contributed by atoms with Crippen LogP contribution in [-0.4, -0.2) is 4.98 Å². The highest BCUT2D eigenvalue weighted by Crippen LogP contribution is 2.27. The van der Waals surface area contributed by atoms with E-state index in [0.717, 1.165) is 15.9 Å². The van der Waals surface area contributed by atoms with Crippen LogP contribution in [0, 0.1) is 17.1 Å². The zero-order valence-electron chi connectivity index (χ0n) is 10.6. The van der Waals surface area contributed by atoms with Crippen LogP contribution in [0.5, 0.6) is 0 Å². The molecule has 0 amide bonds. The number of rotatable bonds is 3. The van der Waals surface area contributed by atoms with E-state index in [0.29, 0.717) is 11.3 Å². The normalized spacial score (nSPS) is 10.6. The number of fused-ring (bicyclic) bond motifs is 1. The molecule has 3 rings (SSSR count). The highest BCUT2D eigenvalue weighted by molar-refractivity contribution is 7.98. The second kappa shape index (κ2) is 5.40. The van der Waals surface area contributed by atoms with Crippen molar-refractivity contribution in [2.75, 3.05) is 0 Å². The van der Waals surface area contributed by atoms with Crippen molar-refractivity contribution < 1.29 is 4.39 Å². The van der Waals surface area contributed by atoms with Gasteiger partial charge in [0, 0.05) is 16.7 Å². The number of para-hydroxylation sites is 1. The fraction of sp³-hybridized carbons (Fsp3) is 0.0625. The number of nitrogens with zero attached hydrogens (tertiary/aromatic N) is 1. The molecule has 0 bridgehead atoms. The third-order valence-corrected chi connectivity index (χ3v) is 4.07. The minimum atomic E-state index is -0.418. The van der Waals surface area contributed by atoms with Crippen LogP contribution in [-0.2, 0) is 5.75 Å². The van der Waals surface area contributed by atoms with Crippen LogP contribution in [0.1, 0.15) is 11.1 Å². The molecule has 3 aromatic rings. The van der Waals surface area contributed by atoms with Crippen LogP contribution in [0.25, 0.3) is 10.9 Å². The van der Waals surface area contributed by atoms with Gasteiger partial charge in [0.2, 0.25) is 0 Å². The number of aromatic amines is 1. The SMILES string of the molecule is N#Cc1cccc(CSc2cc3ccccc3[nH]2)c1F. The third-order valence-electron chi connectivity index (χ3n) is 3.09. The molecule has 1 N–H and O–H groups in total. The topological polar surface area (TPSA) is 39.6 Å². The van der Waals surface area contributed by atoms with Gasteiger partial charge < -0.3 is 4.98 Å². The van der Waals surface area contributed by atoms with Crippen molar-refractivity contribution in [2.45, 2.75) is 10.8 Å². The molecule has 0 atom stereocenters. The third kappa shape index (κ3) is 2.40. The van der Waals surface area contributed by atoms with Crippen molar-refractivity contribution in [1.82, 2.24) is 4.98 Å². The zero-order valence-corrected chi connectivity index (χ0v) is 11.4. The van der Waals surface area contributed by atoms with Gasteiger partial charge in [0.15, 0.2) is 0 Å². The van der Waals surface area contributed by atoms with Crippen molar-refractivity contribution in [2.24, 2.45) is 0 Å². The quantitative estimate of drug-likeness (QED) is 0.720. The van der Waals surface area contributed by atoms with E-state index in [4.69, 9.17) is 5.26 Å². The zero-order chi connectivity index (χ0) is 13.9. The van der Waals surface area contributed by atoms with E-state index < -0.39 is 5.82 Å². The van der Waals surface area contributed by atoms with Crippen LogP contribution in [0.4, 0.5) is 4.39 Å². The second-order valence-corrected chi connectivity index (χ2v) is 5.42. The predicted octanol–water partition coefficient (Wildman–Crippen LogP) is 4.47. The summed E-state index contributed by atoms with van der Waals surface area (Å²) in [5.41, 5.74) is 1.72. The summed E-state index contributed by atoms with van der Waals surface area (Å²) in [6.45, 7) is 0. The molecular weight excluding hydrogens is 271 g/mol. The Balaban J connectivity index is 1.81. The number of aromatic nitrogens is 1. The van der Waals surface area contributed by atoms with E-state index in [-0.39, 0.29) is 5.56 Å². The smallest absolute Gasteiger partial charge is 0.144 e. The lowest BCUT2D eigenvalue weighted by Gasteiger charge is -2.03. The number of thioether (sulfide) groups is 1. The molecule has 2 nitrogen and oxygen atoms in total. The van der Waals surface area contributed by atoms with Gasteiger partial charge in [-0.3, -0.25) is 0 Å². The molecule has 0 saturated heterocycles. The Kier molecular flexibility index (Phi) is 3.44. The van der Waals surface area contributed by atoms with Crippen LogP contribution >= 0.6 is 11.8 Å². The second-order valence-electron chi connectivity index (χ2n) is 4.40. The molecule has 20 heavy (non-hydrogen) atoms. The first kappa shape index (κ1) is 12.8. The number of benzene rings is 2. The van der Waals surface area contributed by atoms with Crippen LogP contribution in [0.15, 0.2) is 53.6 Å². The molecule has 0 radical (unpaired) electrons. The Morgan fingerprint density at radius 1 is 1.15 bits per heavy atom. The van der Waals surface area contributed by atoms with E-state index in [9.17, 15) is 4.39 Å². The molecule has 1 aromatic heterocycles. The minimum absolute atomic E-state index is 0.0970. The molecule has 0 unspecified atom stereocenters. The number of hydrogen-bond acceptors (Lipinski definition) is 2. The Bertz CT molecular complexity index is 769. The molecule has 4 heteroatoms. The van der Waals surface area contributed by atoms with E-state index in [2.05, 4.69) is 4.98 Å². The fourth-order valence-corrected chi connectivity index (χ4v) is 2.98. The van der Waals surface area contributed by atoms with Crippen molar-refractivity contribution in [1.29, 1.82) is 5.26 Å². The maximum Gasteiger partial charge on any atom is 0.144 e. The molecular formula is C16H11FN2S. The number of nitrogens with one attached hydrogen (secondary N) is 1. The average Bonchev–Trinajstić information content (AvgIpc) is 2.89. The lowest BCUT2D eigenvalue weighted by Crippen LogP contribution is -1.91. The van der Waals surface area contributed by atoms with Gasteiger partial charge in [0.25, 0.3) is 0 Å². The Hall–Kier alpha value is -2.25. The lowest BCUT2D eigenvalue weighted by atomic mass is 10.1. The Morgan fingerprint density at radius 2 is 2.00 bits per heavy atom. The largest absolute Gasteiger partial charge is 0.350 e. The standard InChI is InChI=1S/C16H11FN2S/c17-16-12(9-18)5-3-6-13(16)10-20-15-8-11-4-1-2-7-14(11)19-15/h1-8,19H,10H2. The average molecular weight is 282 g/mol. The van der Waals surface area contributed by atoms with Gasteiger partial charge in [-0.1, -0.05) is 30.3 Å². The first-order valence-electron chi connectivity index (χ1n) is 6.16. The van der Waals surface area contributed by atoms with E-state index >= 15 is 0 Å². The maximum absolute atomic E-state index is 13.9. The van der Waals surface area contributed by atoms with Crippen molar-refractivity contribution >= 4 is 22.7 Å². The number of halogens is 1. The monoisotopic (exact) mass is 282 g/mol. The van der Waals surface area contributed by atoms with Crippen molar-refractivity contribution in [3.63, 3.8) is 0 Å². The predicted molar refractivity (Wildman–Crippen MR) is 79.0 cm³/mol. The summed E-state index contributed by atoms with van der Waals surface area (Å²) in [4.78, 5) is 3.29. The number of hydrogen-bond donors (Lipinski definition) is 1. The van der Waals surface area contributed by atoms with Gasteiger partial charge in [-0.15, -0.1) is 11.8 Å². The summed E-state index contributed by atoms with van der Waals surface area (Å²) in [5, 5.41) is 11.0. The Labute approximate surface area is 120 Å². The van der Waals surface area contributed by atoms with E-state index in [1.54, 1.807) is 12.1 Å². The van der Waals surface area contributed by atoms with Crippen molar-refractivity contribution in [3.05, 3.63) is 65.5 Å². The van der Waals surface area contributed by atoms with Gasteiger partial charge in [-0.2, -0.15) is 5.26 Å². The van der Waals surface area contributed by atoms with Crippen LogP contribution in [0.2, 0.25) is 0 Å². The van der Waals surface area contributed by atoms with Crippen LogP contribution < -0.4 is 0 Å². The molecule has 0 spiro atoms. The van der Waals surface area contributed by atoms with Gasteiger partial charge in [0.05, 0.1) is 10.6 Å². The molecule has 0 aliphatic rings. The Morgan fingerprint density at radius 3 is 2.80 bits per heavy atom. The van der Waals surface area contributed by atoms with E-state index in [1.807, 2.05) is 36.4 Å². The molecule has 98 valence electrons. The molecule has 1 heterocycles. The molecule has 0 aliphatic heterocycles. The molecule has 0 saturated carbocycles. The van der Waals surface area contributed by atoms with Gasteiger partial charge in [-0.05, 0) is 23.8 Å². The molecule has 0 fully saturated rings. The lowest BCUT2D eigenvalue weighted by molar-refractivity contribution is 0.613. The van der Waals surface area contributed by atoms with Gasteiger partial charge >= 0.3 is 0 Å². The highest BCUT2D eigenvalue weighted by atomic mass is 32.2. The highest BCUT2D eigenvalue weighted by Gasteiger charge is 2.08. The summed E-state index contributed by atoms with van der Waals surface area (Å²) in [6, 6.07) is 16.8. The summed E-state index contributed by atoms with van der Waals surface area (Å²) < 4.78 is 13.9. The first-order valence-corrected chi connectivity index (χ1v) is 7.14. The van der Waals surface area contributed by atoms with Crippen LogP contribution in [0.3, 0.4) is 0 Å². The van der Waals surface area contributed by atoms with E-state index in [1.165, 1.54) is 17.8 Å². The maximum atomic E-state index is 13.9. The molecule has 0 aliphatic carbocycles. The first-order chi connectivity index (χ1) is 9.78. The summed E-state index contributed by atoms with van der Waals surface area (Å²) in [6.07, 6.45) is 0. The summed E-state index contributed by atoms with van der Waals surface area (Å²) >= 11 is 1.53. The summed E-state index contributed by atoms with van der Waals surface area (Å²) in [5.74, 6) is 0.0763. The molecule has 2 aromatic carbocycles. The number of nitriles is 1. The minimum Gasteiger partial charge on any atom is -0.350 e. The number of H-pyrrole nitrogens is 1. The fourth-order valence-electron chi connectivity index (χ4n) is 2.06. The van der Waals surface area contributed by atoms with Gasteiger partial charge in [-0.25, -0.2) is 4.39 Å². The summed E-state index contributed by atoms with van der Waals surface area (Å²) in [7, 11) is 0.